The molecule has 1 fully saturated rings. The maximum atomic E-state index is 12.1. The van der Waals surface area contributed by atoms with Crippen LogP contribution < -0.4 is 0 Å². The fourth-order valence-corrected chi connectivity index (χ4v) is 2.55. The third kappa shape index (κ3) is 3.61. The summed E-state index contributed by atoms with van der Waals surface area (Å²) in [5.41, 5.74) is 0.961. The molecular weight excluding hydrogens is 254 g/mol. The van der Waals surface area contributed by atoms with E-state index in [9.17, 15) is 9.90 Å². The van der Waals surface area contributed by atoms with Crippen molar-refractivity contribution in [1.29, 1.82) is 0 Å². The summed E-state index contributed by atoms with van der Waals surface area (Å²) in [7, 11) is 0. The number of ether oxygens (including phenoxy) is 1. The summed E-state index contributed by atoms with van der Waals surface area (Å²) in [4.78, 5) is 13.7. The van der Waals surface area contributed by atoms with Crippen molar-refractivity contribution >= 4 is 6.09 Å². The highest BCUT2D eigenvalue weighted by Crippen LogP contribution is 2.23. The average molecular weight is 275 g/mol. The molecule has 0 aromatic heterocycles. The Bertz CT molecular complexity index is 446. The van der Waals surface area contributed by atoms with Crippen molar-refractivity contribution in [3.8, 4) is 0 Å². The molecule has 1 aromatic carbocycles. The summed E-state index contributed by atoms with van der Waals surface area (Å²) < 4.78 is 5.32. The second-order valence-electron chi connectivity index (χ2n) is 5.03. The van der Waals surface area contributed by atoms with E-state index < -0.39 is 6.10 Å². The normalized spacial score (nSPS) is 19.6. The van der Waals surface area contributed by atoms with Crippen LogP contribution in [0.4, 0.5) is 4.79 Å². The number of nitrogens with zero attached hydrogens (tertiary/aromatic N) is 1. The van der Waals surface area contributed by atoms with Crippen molar-refractivity contribution in [2.45, 2.75) is 38.0 Å². The number of hydrogen-bond donors (Lipinski definition) is 1. The van der Waals surface area contributed by atoms with Gasteiger partial charge >= 0.3 is 6.09 Å². The number of likely N-dealkylation sites (tertiary alicyclic amines) is 1. The molecule has 0 spiro atoms. The van der Waals surface area contributed by atoms with Crippen LogP contribution in [0.3, 0.4) is 0 Å². The van der Waals surface area contributed by atoms with E-state index in [1.54, 1.807) is 11.0 Å². The highest BCUT2D eigenvalue weighted by molar-refractivity contribution is 5.68. The average Bonchev–Trinajstić information content (AvgIpc) is 2.96. The highest BCUT2D eigenvalue weighted by atomic mass is 16.6. The van der Waals surface area contributed by atoms with Gasteiger partial charge in [-0.2, -0.15) is 0 Å². The zero-order valence-corrected chi connectivity index (χ0v) is 11.6. The van der Waals surface area contributed by atoms with Gasteiger partial charge in [-0.3, -0.25) is 0 Å². The Kier molecular flexibility index (Phi) is 5.18. The molecule has 4 heteroatoms. The quantitative estimate of drug-likeness (QED) is 0.841. The van der Waals surface area contributed by atoms with Gasteiger partial charge < -0.3 is 14.7 Å². The number of carbonyl (C=O) groups is 1. The summed E-state index contributed by atoms with van der Waals surface area (Å²) >= 11 is 0. The Hall–Kier alpha value is -1.81. The highest BCUT2D eigenvalue weighted by Gasteiger charge is 2.34. The maximum Gasteiger partial charge on any atom is 0.410 e. The molecule has 2 rings (SSSR count). The second-order valence-corrected chi connectivity index (χ2v) is 5.03. The topological polar surface area (TPSA) is 49.8 Å². The van der Waals surface area contributed by atoms with Crippen LogP contribution in [0.1, 0.15) is 24.8 Å². The van der Waals surface area contributed by atoms with Crippen LogP contribution in [0, 0.1) is 0 Å². The Morgan fingerprint density at radius 2 is 2.25 bits per heavy atom. The molecule has 0 bridgehead atoms. The fourth-order valence-electron chi connectivity index (χ4n) is 2.55. The molecule has 2 atom stereocenters. The van der Waals surface area contributed by atoms with E-state index in [4.69, 9.17) is 4.74 Å². The first-order valence-corrected chi connectivity index (χ1v) is 6.98. The van der Waals surface area contributed by atoms with Crippen LogP contribution in [0.15, 0.2) is 43.0 Å². The SMILES string of the molecule is C=CC[C@@H](O)[C@@H]1CCCN1C(=O)OCc1ccccc1. The molecular formula is C16H21NO3. The molecule has 1 heterocycles. The van der Waals surface area contributed by atoms with E-state index in [2.05, 4.69) is 6.58 Å². The Morgan fingerprint density at radius 3 is 2.95 bits per heavy atom. The van der Waals surface area contributed by atoms with Crippen molar-refractivity contribution in [3.63, 3.8) is 0 Å². The lowest BCUT2D eigenvalue weighted by molar-refractivity contribution is 0.0494. The molecule has 108 valence electrons. The molecule has 1 aliphatic heterocycles. The number of aliphatic hydroxyl groups excluding tert-OH is 1. The Morgan fingerprint density at radius 1 is 1.50 bits per heavy atom. The van der Waals surface area contributed by atoms with Gasteiger partial charge in [-0.05, 0) is 24.8 Å². The Balaban J connectivity index is 1.89. The van der Waals surface area contributed by atoms with Crippen molar-refractivity contribution in [1.82, 2.24) is 4.90 Å². The largest absolute Gasteiger partial charge is 0.445 e. The van der Waals surface area contributed by atoms with Crippen molar-refractivity contribution < 1.29 is 14.6 Å². The van der Waals surface area contributed by atoms with Gasteiger partial charge in [0.25, 0.3) is 0 Å². The monoisotopic (exact) mass is 275 g/mol. The summed E-state index contributed by atoms with van der Waals surface area (Å²) in [6.07, 6.45) is 2.98. The van der Waals surface area contributed by atoms with E-state index in [0.717, 1.165) is 18.4 Å². The minimum atomic E-state index is -0.556. The van der Waals surface area contributed by atoms with Gasteiger partial charge in [0.05, 0.1) is 12.1 Å². The third-order valence-electron chi connectivity index (χ3n) is 3.59. The molecule has 1 aromatic rings. The number of rotatable bonds is 5. The molecule has 0 unspecified atom stereocenters. The van der Waals surface area contributed by atoms with Gasteiger partial charge in [0, 0.05) is 6.54 Å². The Labute approximate surface area is 119 Å². The van der Waals surface area contributed by atoms with Gasteiger partial charge in [0.1, 0.15) is 6.61 Å². The van der Waals surface area contributed by atoms with Crippen molar-refractivity contribution in [3.05, 3.63) is 48.6 Å². The summed E-state index contributed by atoms with van der Waals surface area (Å²) in [5.74, 6) is 0. The maximum absolute atomic E-state index is 12.1. The predicted molar refractivity (Wildman–Crippen MR) is 77.2 cm³/mol. The lowest BCUT2D eigenvalue weighted by Gasteiger charge is -2.27. The fraction of sp³-hybridized carbons (Fsp3) is 0.438. The van der Waals surface area contributed by atoms with Crippen LogP contribution in [0.5, 0.6) is 0 Å². The molecule has 1 aliphatic rings. The van der Waals surface area contributed by atoms with E-state index in [0.29, 0.717) is 13.0 Å². The van der Waals surface area contributed by atoms with Crippen LogP contribution >= 0.6 is 0 Å². The first kappa shape index (κ1) is 14.6. The van der Waals surface area contributed by atoms with E-state index in [-0.39, 0.29) is 18.7 Å². The number of aliphatic hydroxyl groups is 1. The summed E-state index contributed by atoms with van der Waals surface area (Å²) in [6.45, 7) is 4.53. The smallest absolute Gasteiger partial charge is 0.410 e. The van der Waals surface area contributed by atoms with Crippen LogP contribution in [0.2, 0.25) is 0 Å². The van der Waals surface area contributed by atoms with E-state index in [1.807, 2.05) is 30.3 Å². The minimum absolute atomic E-state index is 0.156. The molecule has 4 nitrogen and oxygen atoms in total. The minimum Gasteiger partial charge on any atom is -0.445 e. The van der Waals surface area contributed by atoms with Gasteiger partial charge in [0.15, 0.2) is 0 Å². The molecule has 0 aliphatic carbocycles. The number of carbonyl (C=O) groups excluding carboxylic acids is 1. The van der Waals surface area contributed by atoms with Crippen LogP contribution in [-0.4, -0.2) is 34.8 Å². The van der Waals surface area contributed by atoms with Gasteiger partial charge in [-0.25, -0.2) is 4.79 Å². The molecule has 20 heavy (non-hydrogen) atoms. The molecule has 0 radical (unpaired) electrons. The van der Waals surface area contributed by atoms with E-state index >= 15 is 0 Å². The molecule has 1 N–H and O–H groups in total. The molecule has 0 saturated carbocycles. The number of amides is 1. The van der Waals surface area contributed by atoms with E-state index in [1.165, 1.54) is 0 Å². The van der Waals surface area contributed by atoms with Crippen molar-refractivity contribution in [2.24, 2.45) is 0 Å². The van der Waals surface area contributed by atoms with Gasteiger partial charge in [-0.1, -0.05) is 36.4 Å². The molecule has 1 amide bonds. The number of benzene rings is 1. The first-order chi connectivity index (χ1) is 9.72. The summed E-state index contributed by atoms with van der Waals surface area (Å²) in [6, 6.07) is 9.43. The number of hydrogen-bond acceptors (Lipinski definition) is 3. The lowest BCUT2D eigenvalue weighted by Crippen LogP contribution is -2.42. The standard InChI is InChI=1S/C16H21NO3/c1-2-7-15(18)14-10-6-11-17(14)16(19)20-12-13-8-4-3-5-9-13/h2-5,8-9,14-15,18H,1,6-7,10-12H2/t14-,15+/m0/s1. The van der Waals surface area contributed by atoms with Crippen LogP contribution in [-0.2, 0) is 11.3 Å². The van der Waals surface area contributed by atoms with Crippen molar-refractivity contribution in [2.75, 3.05) is 6.54 Å². The zero-order valence-electron chi connectivity index (χ0n) is 11.6. The second kappa shape index (κ2) is 7.10. The van der Waals surface area contributed by atoms with Gasteiger partial charge in [-0.15, -0.1) is 6.58 Å². The zero-order chi connectivity index (χ0) is 14.4. The molecule has 1 saturated heterocycles. The lowest BCUT2D eigenvalue weighted by atomic mass is 10.1. The predicted octanol–water partition coefficient (Wildman–Crippen LogP) is 2.72. The first-order valence-electron chi connectivity index (χ1n) is 6.98. The third-order valence-corrected chi connectivity index (χ3v) is 3.59. The summed E-state index contributed by atoms with van der Waals surface area (Å²) in [5, 5.41) is 10.0. The van der Waals surface area contributed by atoms with Gasteiger partial charge in [0.2, 0.25) is 0 Å². The van der Waals surface area contributed by atoms with Crippen LogP contribution in [0.25, 0.3) is 0 Å².